The minimum atomic E-state index is -0.231. The normalized spacial score (nSPS) is 14.2. The highest BCUT2D eigenvalue weighted by atomic mass is 16.1. The quantitative estimate of drug-likeness (QED) is 0.806. The fraction of sp³-hybridized carbons (Fsp3) is 0.235. The fourth-order valence-corrected chi connectivity index (χ4v) is 2.84. The number of aromatic nitrogens is 3. The van der Waals surface area contributed by atoms with E-state index < -0.39 is 0 Å². The second-order valence-corrected chi connectivity index (χ2v) is 5.60. The molecule has 0 amide bonds. The average molecular weight is 292 g/mol. The summed E-state index contributed by atoms with van der Waals surface area (Å²) < 4.78 is 1.93. The number of anilines is 1. The molecule has 22 heavy (non-hydrogen) atoms. The number of nitrogens with one attached hydrogen (secondary N) is 1. The number of nitrogens with zero attached hydrogens (tertiary/aromatic N) is 3. The number of hydrogen-bond donors (Lipinski definition) is 1. The van der Waals surface area contributed by atoms with Gasteiger partial charge in [-0.15, -0.1) is 0 Å². The number of fused-ring (bicyclic) bond motifs is 1. The number of pyridine rings is 2. The maximum absolute atomic E-state index is 12.5. The van der Waals surface area contributed by atoms with Gasteiger partial charge in [0, 0.05) is 31.2 Å². The zero-order valence-corrected chi connectivity index (χ0v) is 12.3. The Morgan fingerprint density at radius 2 is 2.18 bits per heavy atom. The summed E-state index contributed by atoms with van der Waals surface area (Å²) in [5.41, 5.74) is 3.34. The molecule has 0 saturated heterocycles. The van der Waals surface area contributed by atoms with Crippen LogP contribution < -0.4 is 10.9 Å². The SMILES string of the molecule is CNc1nc(=O)c(-c2cccnc2)c2cc(C3CC3)ccn12. The van der Waals surface area contributed by atoms with Crippen molar-refractivity contribution in [2.45, 2.75) is 18.8 Å². The van der Waals surface area contributed by atoms with Gasteiger partial charge in [-0.3, -0.25) is 14.2 Å². The lowest BCUT2D eigenvalue weighted by atomic mass is 10.1. The third kappa shape index (κ3) is 2.06. The summed E-state index contributed by atoms with van der Waals surface area (Å²) in [4.78, 5) is 20.8. The van der Waals surface area contributed by atoms with E-state index in [1.54, 1.807) is 19.4 Å². The predicted molar refractivity (Wildman–Crippen MR) is 86.2 cm³/mol. The molecule has 0 aliphatic heterocycles. The molecule has 3 heterocycles. The summed E-state index contributed by atoms with van der Waals surface area (Å²) >= 11 is 0. The van der Waals surface area contributed by atoms with Crippen LogP contribution in [-0.4, -0.2) is 21.4 Å². The number of hydrogen-bond acceptors (Lipinski definition) is 4. The summed E-state index contributed by atoms with van der Waals surface area (Å²) in [6.45, 7) is 0. The second-order valence-electron chi connectivity index (χ2n) is 5.60. The average Bonchev–Trinajstić information content (AvgIpc) is 3.39. The van der Waals surface area contributed by atoms with Crippen LogP contribution in [0.15, 0.2) is 47.7 Å². The van der Waals surface area contributed by atoms with Crippen LogP contribution in [0.25, 0.3) is 16.6 Å². The van der Waals surface area contributed by atoms with Gasteiger partial charge in [0.05, 0.1) is 11.1 Å². The van der Waals surface area contributed by atoms with E-state index >= 15 is 0 Å². The first-order chi connectivity index (χ1) is 10.8. The van der Waals surface area contributed by atoms with E-state index in [2.05, 4.69) is 27.4 Å². The van der Waals surface area contributed by atoms with Gasteiger partial charge in [0.1, 0.15) is 0 Å². The van der Waals surface area contributed by atoms with E-state index in [-0.39, 0.29) is 5.56 Å². The van der Waals surface area contributed by atoms with E-state index in [4.69, 9.17) is 0 Å². The van der Waals surface area contributed by atoms with E-state index in [1.165, 1.54) is 18.4 Å². The van der Waals surface area contributed by atoms with Crippen LogP contribution in [0, 0.1) is 0 Å². The van der Waals surface area contributed by atoms with Crippen molar-refractivity contribution in [3.8, 4) is 11.1 Å². The van der Waals surface area contributed by atoms with Crippen molar-refractivity contribution in [1.29, 1.82) is 0 Å². The zero-order chi connectivity index (χ0) is 15.1. The zero-order valence-electron chi connectivity index (χ0n) is 12.3. The van der Waals surface area contributed by atoms with Gasteiger partial charge in [-0.1, -0.05) is 6.07 Å². The molecule has 0 atom stereocenters. The first kappa shape index (κ1) is 13.0. The van der Waals surface area contributed by atoms with E-state index in [0.717, 1.165) is 11.1 Å². The van der Waals surface area contributed by atoms with Crippen molar-refractivity contribution in [2.75, 3.05) is 12.4 Å². The summed E-state index contributed by atoms with van der Waals surface area (Å²) in [7, 11) is 1.77. The molecule has 0 aromatic carbocycles. The lowest BCUT2D eigenvalue weighted by molar-refractivity contribution is 1.02. The van der Waals surface area contributed by atoms with Gasteiger partial charge < -0.3 is 5.32 Å². The highest BCUT2D eigenvalue weighted by molar-refractivity contribution is 5.80. The van der Waals surface area contributed by atoms with Crippen LogP contribution in [0.3, 0.4) is 0 Å². The van der Waals surface area contributed by atoms with Crippen LogP contribution in [-0.2, 0) is 0 Å². The van der Waals surface area contributed by atoms with E-state index in [9.17, 15) is 4.79 Å². The van der Waals surface area contributed by atoms with E-state index in [0.29, 0.717) is 17.4 Å². The smallest absolute Gasteiger partial charge is 0.283 e. The first-order valence-electron chi connectivity index (χ1n) is 7.42. The molecule has 1 fully saturated rings. The lowest BCUT2D eigenvalue weighted by Gasteiger charge is -2.12. The maximum atomic E-state index is 12.5. The second kappa shape index (κ2) is 4.94. The molecule has 0 bridgehead atoms. The maximum Gasteiger partial charge on any atom is 0.283 e. The minimum Gasteiger partial charge on any atom is -0.358 e. The summed E-state index contributed by atoms with van der Waals surface area (Å²) in [5.74, 6) is 1.18. The predicted octanol–water partition coefficient (Wildman–Crippen LogP) is 2.68. The van der Waals surface area contributed by atoms with Crippen LogP contribution in [0.2, 0.25) is 0 Å². The molecule has 5 heteroatoms. The molecule has 4 rings (SSSR count). The van der Waals surface area contributed by atoms with Gasteiger partial charge in [-0.2, -0.15) is 4.98 Å². The molecule has 1 N–H and O–H groups in total. The highest BCUT2D eigenvalue weighted by Gasteiger charge is 2.24. The van der Waals surface area contributed by atoms with Gasteiger partial charge in [0.2, 0.25) is 5.95 Å². The van der Waals surface area contributed by atoms with Crippen LogP contribution >= 0.6 is 0 Å². The summed E-state index contributed by atoms with van der Waals surface area (Å²) in [6, 6.07) is 7.96. The molecule has 1 aliphatic rings. The Kier molecular flexibility index (Phi) is 2.92. The van der Waals surface area contributed by atoms with Crippen molar-refractivity contribution in [3.63, 3.8) is 0 Å². The van der Waals surface area contributed by atoms with Crippen molar-refractivity contribution in [1.82, 2.24) is 14.4 Å². The van der Waals surface area contributed by atoms with Crippen LogP contribution in [0.5, 0.6) is 0 Å². The number of rotatable bonds is 3. The largest absolute Gasteiger partial charge is 0.358 e. The molecule has 0 radical (unpaired) electrons. The Morgan fingerprint density at radius 1 is 1.32 bits per heavy atom. The van der Waals surface area contributed by atoms with Crippen molar-refractivity contribution < 1.29 is 0 Å². The Hall–Kier alpha value is -2.69. The van der Waals surface area contributed by atoms with Crippen molar-refractivity contribution in [3.05, 3.63) is 58.8 Å². The molecule has 110 valence electrons. The highest BCUT2D eigenvalue weighted by Crippen LogP contribution is 2.40. The summed E-state index contributed by atoms with van der Waals surface area (Å²) in [6.07, 6.45) is 7.86. The lowest BCUT2D eigenvalue weighted by Crippen LogP contribution is -2.16. The van der Waals surface area contributed by atoms with Gasteiger partial charge >= 0.3 is 0 Å². The summed E-state index contributed by atoms with van der Waals surface area (Å²) in [5, 5.41) is 2.99. The third-order valence-electron chi connectivity index (χ3n) is 4.11. The molecule has 1 aliphatic carbocycles. The van der Waals surface area contributed by atoms with Crippen LogP contribution in [0.4, 0.5) is 5.95 Å². The molecule has 3 aromatic heterocycles. The van der Waals surface area contributed by atoms with Gasteiger partial charge in [-0.25, -0.2) is 0 Å². The Morgan fingerprint density at radius 3 is 2.86 bits per heavy atom. The van der Waals surface area contributed by atoms with E-state index in [1.807, 2.05) is 22.7 Å². The van der Waals surface area contributed by atoms with Gasteiger partial charge in [0.25, 0.3) is 5.56 Å². The molecule has 0 unspecified atom stereocenters. The van der Waals surface area contributed by atoms with Crippen molar-refractivity contribution in [2.24, 2.45) is 0 Å². The monoisotopic (exact) mass is 292 g/mol. The van der Waals surface area contributed by atoms with Gasteiger partial charge in [0.15, 0.2) is 0 Å². The van der Waals surface area contributed by atoms with Crippen LogP contribution in [0.1, 0.15) is 24.3 Å². The Bertz CT molecular complexity index is 898. The molecule has 3 aromatic rings. The third-order valence-corrected chi connectivity index (χ3v) is 4.11. The molecule has 5 nitrogen and oxygen atoms in total. The molecule has 0 spiro atoms. The fourth-order valence-electron chi connectivity index (χ4n) is 2.84. The standard InChI is InChI=1S/C17H16N4O/c1-18-17-20-16(22)15(13-3-2-7-19-10-13)14-9-12(11-4-5-11)6-8-21(14)17/h2-3,6-11H,4-5H2,1H3,(H,18,20,22). The molecule has 1 saturated carbocycles. The topological polar surface area (TPSA) is 59.3 Å². The Labute approximate surface area is 127 Å². The first-order valence-corrected chi connectivity index (χ1v) is 7.42. The van der Waals surface area contributed by atoms with Crippen molar-refractivity contribution >= 4 is 11.5 Å². The Balaban J connectivity index is 2.07. The van der Waals surface area contributed by atoms with Gasteiger partial charge in [-0.05, 0) is 42.5 Å². The molecular formula is C17H16N4O. The molecular weight excluding hydrogens is 276 g/mol. The minimum absolute atomic E-state index is 0.231.